The summed E-state index contributed by atoms with van der Waals surface area (Å²) in [4.78, 5) is 24.9. The monoisotopic (exact) mass is 304 g/mol. The van der Waals surface area contributed by atoms with E-state index in [9.17, 15) is 14.7 Å². The molecule has 0 aromatic rings. The number of rotatable bonds is 0. The zero-order valence-corrected chi connectivity index (χ0v) is 13.8. The molecule has 1 unspecified atom stereocenters. The maximum Gasteiger partial charge on any atom is 0.137 e. The molecule has 0 aromatic heterocycles. The molecule has 0 aromatic carbocycles. The molecule has 4 fully saturated rings. The molecule has 1 N–H and O–H groups in total. The summed E-state index contributed by atoms with van der Waals surface area (Å²) in [5.41, 5.74) is -0.158. The van der Waals surface area contributed by atoms with E-state index in [1.165, 1.54) is 0 Å². The van der Waals surface area contributed by atoms with Crippen molar-refractivity contribution in [2.75, 3.05) is 0 Å². The Morgan fingerprint density at radius 3 is 2.59 bits per heavy atom. The SMILES string of the molecule is C[C@]12CC(=O)[C@H]3[C@@H](CCC4CC(=O)CC[C@@]43C)[C@@H]1CC[C@@H]2O. The second-order valence-corrected chi connectivity index (χ2v) is 9.01. The van der Waals surface area contributed by atoms with E-state index in [-0.39, 0.29) is 22.9 Å². The van der Waals surface area contributed by atoms with Crippen LogP contribution in [0.3, 0.4) is 0 Å². The number of hydrogen-bond acceptors (Lipinski definition) is 3. The molecule has 0 heterocycles. The van der Waals surface area contributed by atoms with Crippen molar-refractivity contribution >= 4 is 11.6 Å². The molecule has 4 aliphatic rings. The predicted molar refractivity (Wildman–Crippen MR) is 83.1 cm³/mol. The van der Waals surface area contributed by atoms with Crippen molar-refractivity contribution in [3.05, 3.63) is 0 Å². The third-order valence-corrected chi connectivity index (χ3v) is 8.11. The van der Waals surface area contributed by atoms with Crippen molar-refractivity contribution in [2.45, 2.75) is 71.3 Å². The third-order valence-electron chi connectivity index (χ3n) is 8.11. The summed E-state index contributed by atoms with van der Waals surface area (Å²) in [6.07, 6.45) is 6.61. The van der Waals surface area contributed by atoms with Gasteiger partial charge in [-0.05, 0) is 55.3 Å². The topological polar surface area (TPSA) is 54.4 Å². The van der Waals surface area contributed by atoms with Gasteiger partial charge in [0.05, 0.1) is 6.10 Å². The third kappa shape index (κ3) is 1.78. The first kappa shape index (κ1) is 14.9. The van der Waals surface area contributed by atoms with E-state index in [4.69, 9.17) is 0 Å². The van der Waals surface area contributed by atoms with Gasteiger partial charge in [-0.2, -0.15) is 0 Å². The van der Waals surface area contributed by atoms with Gasteiger partial charge in [-0.25, -0.2) is 0 Å². The molecule has 0 saturated heterocycles. The minimum atomic E-state index is -0.305. The Balaban J connectivity index is 1.71. The van der Waals surface area contributed by atoms with Gasteiger partial charge in [0.1, 0.15) is 11.6 Å². The maximum atomic E-state index is 13.1. The fourth-order valence-corrected chi connectivity index (χ4v) is 6.83. The summed E-state index contributed by atoms with van der Waals surface area (Å²) in [5, 5.41) is 10.4. The van der Waals surface area contributed by atoms with Gasteiger partial charge in [-0.15, -0.1) is 0 Å². The van der Waals surface area contributed by atoms with Gasteiger partial charge in [0.15, 0.2) is 0 Å². The molecule has 0 radical (unpaired) electrons. The molecule has 7 atom stereocenters. The first-order valence-corrected chi connectivity index (χ1v) is 9.09. The van der Waals surface area contributed by atoms with Crippen molar-refractivity contribution in [3.63, 3.8) is 0 Å². The molecular weight excluding hydrogens is 276 g/mol. The van der Waals surface area contributed by atoms with E-state index in [1.807, 2.05) is 0 Å². The van der Waals surface area contributed by atoms with Gasteiger partial charge in [-0.3, -0.25) is 9.59 Å². The molecule has 4 aliphatic carbocycles. The molecule has 4 saturated carbocycles. The van der Waals surface area contributed by atoms with E-state index in [2.05, 4.69) is 13.8 Å². The Bertz CT molecular complexity index is 527. The summed E-state index contributed by atoms with van der Waals surface area (Å²) < 4.78 is 0. The highest BCUT2D eigenvalue weighted by molar-refractivity contribution is 5.85. The average Bonchev–Trinajstić information content (AvgIpc) is 2.75. The minimum Gasteiger partial charge on any atom is -0.393 e. The zero-order chi connectivity index (χ0) is 15.7. The van der Waals surface area contributed by atoms with Gasteiger partial charge in [0, 0.05) is 30.6 Å². The lowest BCUT2D eigenvalue weighted by Gasteiger charge is -2.58. The van der Waals surface area contributed by atoms with Crippen LogP contribution in [0.2, 0.25) is 0 Å². The molecule has 0 spiro atoms. The van der Waals surface area contributed by atoms with E-state index < -0.39 is 0 Å². The second kappa shape index (κ2) is 4.66. The van der Waals surface area contributed by atoms with Crippen LogP contribution < -0.4 is 0 Å². The lowest BCUT2D eigenvalue weighted by atomic mass is 9.45. The number of carbonyl (C=O) groups is 2. The molecule has 0 bridgehead atoms. The highest BCUT2D eigenvalue weighted by atomic mass is 16.3. The van der Waals surface area contributed by atoms with Gasteiger partial charge in [0.25, 0.3) is 0 Å². The fourth-order valence-electron chi connectivity index (χ4n) is 6.83. The molecule has 22 heavy (non-hydrogen) atoms. The van der Waals surface area contributed by atoms with Crippen molar-refractivity contribution in [1.29, 1.82) is 0 Å². The van der Waals surface area contributed by atoms with E-state index in [0.29, 0.717) is 48.6 Å². The van der Waals surface area contributed by atoms with Gasteiger partial charge >= 0.3 is 0 Å². The minimum absolute atomic E-state index is 0.0305. The van der Waals surface area contributed by atoms with Crippen molar-refractivity contribution in [2.24, 2.45) is 34.5 Å². The normalized spacial score (nSPS) is 54.6. The van der Waals surface area contributed by atoms with E-state index in [0.717, 1.165) is 32.1 Å². The first-order chi connectivity index (χ1) is 10.4. The Hall–Kier alpha value is -0.700. The fraction of sp³-hybridized carbons (Fsp3) is 0.895. The summed E-state index contributed by atoms with van der Waals surface area (Å²) in [6.45, 7) is 4.43. The molecule has 4 rings (SSSR count). The Kier molecular flexibility index (Phi) is 3.15. The highest BCUT2D eigenvalue weighted by Gasteiger charge is 2.63. The number of aliphatic hydroxyl groups excluding tert-OH is 1. The van der Waals surface area contributed by atoms with Gasteiger partial charge in [0.2, 0.25) is 0 Å². The van der Waals surface area contributed by atoms with E-state index >= 15 is 0 Å². The van der Waals surface area contributed by atoms with E-state index in [1.54, 1.807) is 0 Å². The standard InChI is InChI=1S/C19H28O3/c1-18-8-7-12(20)9-11(18)3-4-13-14-5-6-16(22)19(14,2)10-15(21)17(13)18/h11,13-14,16-17,22H,3-10H2,1-2H3/t11?,13-,14-,16-,17+,18-,19-/m0/s1. The summed E-state index contributed by atoms with van der Waals surface area (Å²) >= 11 is 0. The maximum absolute atomic E-state index is 13.1. The van der Waals surface area contributed by atoms with Crippen LogP contribution in [-0.4, -0.2) is 22.8 Å². The van der Waals surface area contributed by atoms with Crippen molar-refractivity contribution in [1.82, 2.24) is 0 Å². The number of hydrogen-bond donors (Lipinski definition) is 1. The van der Waals surface area contributed by atoms with Crippen LogP contribution >= 0.6 is 0 Å². The van der Waals surface area contributed by atoms with Crippen LogP contribution in [-0.2, 0) is 9.59 Å². The Labute approximate surface area is 132 Å². The number of fused-ring (bicyclic) bond motifs is 5. The lowest BCUT2D eigenvalue weighted by Crippen LogP contribution is -2.57. The van der Waals surface area contributed by atoms with Crippen LogP contribution in [0.25, 0.3) is 0 Å². The number of aliphatic hydroxyl groups is 1. The highest BCUT2D eigenvalue weighted by Crippen LogP contribution is 2.64. The average molecular weight is 304 g/mol. The summed E-state index contributed by atoms with van der Waals surface area (Å²) in [5.74, 6) is 2.27. The smallest absolute Gasteiger partial charge is 0.137 e. The Morgan fingerprint density at radius 1 is 1.05 bits per heavy atom. The van der Waals surface area contributed by atoms with Gasteiger partial charge < -0.3 is 5.11 Å². The molecule has 3 heteroatoms. The van der Waals surface area contributed by atoms with Crippen LogP contribution in [0.1, 0.15) is 65.2 Å². The first-order valence-electron chi connectivity index (χ1n) is 9.09. The van der Waals surface area contributed by atoms with Crippen molar-refractivity contribution < 1.29 is 14.7 Å². The molecule has 0 amide bonds. The Morgan fingerprint density at radius 2 is 1.82 bits per heavy atom. The van der Waals surface area contributed by atoms with Crippen LogP contribution in [0, 0.1) is 34.5 Å². The van der Waals surface area contributed by atoms with Crippen LogP contribution in [0.15, 0.2) is 0 Å². The number of ketones is 2. The molecule has 122 valence electrons. The second-order valence-electron chi connectivity index (χ2n) is 9.01. The summed E-state index contributed by atoms with van der Waals surface area (Å²) in [6, 6.07) is 0. The predicted octanol–water partition coefficient (Wildman–Crippen LogP) is 3.14. The van der Waals surface area contributed by atoms with Crippen LogP contribution in [0.4, 0.5) is 0 Å². The van der Waals surface area contributed by atoms with Crippen molar-refractivity contribution in [3.8, 4) is 0 Å². The van der Waals surface area contributed by atoms with Gasteiger partial charge in [-0.1, -0.05) is 13.8 Å². The number of carbonyl (C=O) groups excluding carboxylic acids is 2. The summed E-state index contributed by atoms with van der Waals surface area (Å²) in [7, 11) is 0. The zero-order valence-electron chi connectivity index (χ0n) is 13.8. The molecule has 0 aliphatic heterocycles. The molecular formula is C19H28O3. The lowest BCUT2D eigenvalue weighted by molar-refractivity contribution is -0.162. The quantitative estimate of drug-likeness (QED) is 0.748. The largest absolute Gasteiger partial charge is 0.393 e. The number of Topliss-reactive ketones (excluding diaryl/α,β-unsaturated/α-hetero) is 2. The molecule has 3 nitrogen and oxygen atoms in total. The van der Waals surface area contributed by atoms with Crippen LogP contribution in [0.5, 0.6) is 0 Å².